The topological polar surface area (TPSA) is 46.4 Å². The Morgan fingerprint density at radius 3 is 2.94 bits per heavy atom. The zero-order chi connectivity index (χ0) is 13.1. The van der Waals surface area contributed by atoms with Crippen LogP contribution in [0, 0.1) is 15.9 Å². The number of rotatable bonds is 3. The second-order valence-electron chi connectivity index (χ2n) is 4.64. The highest BCUT2D eigenvalue weighted by molar-refractivity contribution is 5.64. The van der Waals surface area contributed by atoms with Crippen LogP contribution in [-0.2, 0) is 0 Å². The molecule has 1 saturated heterocycles. The predicted octanol–water partition coefficient (Wildman–Crippen LogP) is 3.50. The lowest BCUT2D eigenvalue weighted by Crippen LogP contribution is -2.39. The summed E-state index contributed by atoms with van der Waals surface area (Å²) in [5.74, 6) is -0.420. The monoisotopic (exact) mass is 252 g/mol. The van der Waals surface area contributed by atoms with Gasteiger partial charge < -0.3 is 4.90 Å². The van der Waals surface area contributed by atoms with Gasteiger partial charge in [0.15, 0.2) is 0 Å². The summed E-state index contributed by atoms with van der Waals surface area (Å²) in [7, 11) is 0. The van der Waals surface area contributed by atoms with E-state index in [2.05, 4.69) is 6.92 Å². The Morgan fingerprint density at radius 2 is 2.28 bits per heavy atom. The molecule has 1 fully saturated rings. The molecule has 4 nitrogen and oxygen atoms in total. The quantitative estimate of drug-likeness (QED) is 0.611. The van der Waals surface area contributed by atoms with Crippen LogP contribution in [-0.4, -0.2) is 17.5 Å². The Morgan fingerprint density at radius 1 is 1.50 bits per heavy atom. The van der Waals surface area contributed by atoms with Gasteiger partial charge in [0, 0.05) is 24.7 Å². The number of halogens is 1. The van der Waals surface area contributed by atoms with E-state index in [0.29, 0.717) is 5.69 Å². The Hall–Kier alpha value is -1.65. The Labute approximate surface area is 106 Å². The third-order valence-electron chi connectivity index (χ3n) is 3.54. The predicted molar refractivity (Wildman–Crippen MR) is 68.3 cm³/mol. The fraction of sp³-hybridized carbons (Fsp3) is 0.538. The number of piperidine rings is 1. The third kappa shape index (κ3) is 2.44. The molecular formula is C13H17FN2O2. The fourth-order valence-corrected chi connectivity index (χ4v) is 2.62. The maximum Gasteiger partial charge on any atom is 0.292 e. The molecule has 5 heteroatoms. The minimum absolute atomic E-state index is 0.00301. The summed E-state index contributed by atoms with van der Waals surface area (Å²) in [5.41, 5.74) is 0.420. The summed E-state index contributed by atoms with van der Waals surface area (Å²) in [6.07, 6.45) is 4.08. The van der Waals surface area contributed by atoms with Gasteiger partial charge in [-0.3, -0.25) is 10.1 Å². The molecule has 0 aliphatic carbocycles. The van der Waals surface area contributed by atoms with Crippen LogP contribution in [0.5, 0.6) is 0 Å². The highest BCUT2D eigenvalue weighted by Crippen LogP contribution is 2.34. The lowest BCUT2D eigenvalue weighted by atomic mass is 9.99. The Balaban J connectivity index is 2.41. The van der Waals surface area contributed by atoms with Gasteiger partial charge >= 0.3 is 0 Å². The summed E-state index contributed by atoms with van der Waals surface area (Å²) in [5, 5.41) is 11.0. The van der Waals surface area contributed by atoms with Crippen LogP contribution in [0.2, 0.25) is 0 Å². The molecule has 2 rings (SSSR count). The standard InChI is InChI=1S/C13H17FN2O2/c1-2-11-5-3-4-8-15(11)13-9-10(14)6-7-12(13)16(17)18/h6-7,9,11H,2-5,8H2,1H3. The van der Waals surface area contributed by atoms with E-state index in [1.54, 1.807) is 0 Å². The smallest absolute Gasteiger partial charge is 0.292 e. The molecule has 1 aliphatic heterocycles. The number of hydrogen-bond acceptors (Lipinski definition) is 3. The highest BCUT2D eigenvalue weighted by Gasteiger charge is 2.27. The van der Waals surface area contributed by atoms with Gasteiger partial charge in [-0.1, -0.05) is 6.92 Å². The van der Waals surface area contributed by atoms with Crippen LogP contribution in [0.1, 0.15) is 32.6 Å². The van der Waals surface area contributed by atoms with Crippen molar-refractivity contribution in [3.8, 4) is 0 Å². The van der Waals surface area contributed by atoms with Crippen molar-refractivity contribution in [3.63, 3.8) is 0 Å². The van der Waals surface area contributed by atoms with Gasteiger partial charge in [-0.05, 0) is 31.7 Å². The Kier molecular flexibility index (Phi) is 3.79. The average Bonchev–Trinajstić information content (AvgIpc) is 2.38. The summed E-state index contributed by atoms with van der Waals surface area (Å²) < 4.78 is 13.3. The van der Waals surface area contributed by atoms with E-state index < -0.39 is 10.7 Å². The van der Waals surface area contributed by atoms with Crippen molar-refractivity contribution in [1.29, 1.82) is 0 Å². The second kappa shape index (κ2) is 5.33. The zero-order valence-electron chi connectivity index (χ0n) is 10.4. The number of nitro benzene ring substituents is 1. The van der Waals surface area contributed by atoms with Gasteiger partial charge in [-0.25, -0.2) is 4.39 Å². The Bertz CT molecular complexity index is 451. The van der Waals surface area contributed by atoms with E-state index in [4.69, 9.17) is 0 Å². The molecule has 1 aromatic carbocycles. The summed E-state index contributed by atoms with van der Waals surface area (Å²) >= 11 is 0. The molecule has 1 unspecified atom stereocenters. The summed E-state index contributed by atoms with van der Waals surface area (Å²) in [6, 6.07) is 3.96. The molecule has 0 aromatic heterocycles. The number of benzene rings is 1. The summed E-state index contributed by atoms with van der Waals surface area (Å²) in [4.78, 5) is 12.6. The van der Waals surface area contributed by atoms with Gasteiger partial charge in [0.25, 0.3) is 5.69 Å². The number of nitrogens with zero attached hydrogens (tertiary/aromatic N) is 2. The van der Waals surface area contributed by atoms with E-state index in [1.807, 2.05) is 4.90 Å². The molecule has 0 N–H and O–H groups in total. The zero-order valence-corrected chi connectivity index (χ0v) is 10.4. The van der Waals surface area contributed by atoms with Crippen molar-refractivity contribution >= 4 is 11.4 Å². The molecule has 0 spiro atoms. The number of anilines is 1. The minimum atomic E-state index is -0.434. The van der Waals surface area contributed by atoms with Gasteiger partial charge in [-0.2, -0.15) is 0 Å². The molecule has 98 valence electrons. The van der Waals surface area contributed by atoms with E-state index in [1.165, 1.54) is 12.1 Å². The van der Waals surface area contributed by atoms with E-state index in [-0.39, 0.29) is 11.7 Å². The van der Waals surface area contributed by atoms with Crippen LogP contribution >= 0.6 is 0 Å². The average molecular weight is 252 g/mol. The maximum absolute atomic E-state index is 13.3. The molecule has 1 aliphatic rings. The van der Waals surface area contributed by atoms with Crippen LogP contribution in [0.25, 0.3) is 0 Å². The minimum Gasteiger partial charge on any atom is -0.363 e. The number of nitro groups is 1. The van der Waals surface area contributed by atoms with Crippen molar-refractivity contribution in [3.05, 3.63) is 34.1 Å². The molecule has 0 amide bonds. The highest BCUT2D eigenvalue weighted by atomic mass is 19.1. The van der Waals surface area contributed by atoms with E-state index in [0.717, 1.165) is 38.3 Å². The fourth-order valence-electron chi connectivity index (χ4n) is 2.62. The maximum atomic E-state index is 13.3. The molecule has 0 bridgehead atoms. The van der Waals surface area contributed by atoms with Crippen molar-refractivity contribution in [1.82, 2.24) is 0 Å². The largest absolute Gasteiger partial charge is 0.363 e. The van der Waals surface area contributed by atoms with Crippen molar-refractivity contribution in [2.75, 3.05) is 11.4 Å². The number of hydrogen-bond donors (Lipinski definition) is 0. The van der Waals surface area contributed by atoms with Crippen molar-refractivity contribution < 1.29 is 9.31 Å². The van der Waals surface area contributed by atoms with Crippen LogP contribution in [0.3, 0.4) is 0 Å². The first-order valence-corrected chi connectivity index (χ1v) is 6.34. The van der Waals surface area contributed by atoms with Gasteiger partial charge in [-0.15, -0.1) is 0 Å². The van der Waals surface area contributed by atoms with Crippen LogP contribution in [0.15, 0.2) is 18.2 Å². The molecule has 1 atom stereocenters. The molecule has 18 heavy (non-hydrogen) atoms. The second-order valence-corrected chi connectivity index (χ2v) is 4.64. The summed E-state index contributed by atoms with van der Waals surface area (Å²) in [6.45, 7) is 2.83. The molecule has 1 aromatic rings. The first kappa shape index (κ1) is 12.8. The van der Waals surface area contributed by atoms with Crippen LogP contribution in [0.4, 0.5) is 15.8 Å². The molecule has 0 saturated carbocycles. The molecule has 0 radical (unpaired) electrons. The van der Waals surface area contributed by atoms with Crippen LogP contribution < -0.4 is 4.90 Å². The first-order valence-electron chi connectivity index (χ1n) is 6.34. The van der Waals surface area contributed by atoms with E-state index in [9.17, 15) is 14.5 Å². The normalized spacial score (nSPS) is 19.9. The lowest BCUT2D eigenvalue weighted by Gasteiger charge is -2.36. The first-order chi connectivity index (χ1) is 8.63. The SMILES string of the molecule is CCC1CCCCN1c1cc(F)ccc1[N+](=O)[O-]. The van der Waals surface area contributed by atoms with Crippen molar-refractivity contribution in [2.24, 2.45) is 0 Å². The lowest BCUT2D eigenvalue weighted by molar-refractivity contribution is -0.384. The van der Waals surface area contributed by atoms with Crippen molar-refractivity contribution in [2.45, 2.75) is 38.6 Å². The third-order valence-corrected chi connectivity index (χ3v) is 3.54. The van der Waals surface area contributed by atoms with Gasteiger partial charge in [0.05, 0.1) is 4.92 Å². The van der Waals surface area contributed by atoms with Gasteiger partial charge in [0.1, 0.15) is 11.5 Å². The van der Waals surface area contributed by atoms with Gasteiger partial charge in [0.2, 0.25) is 0 Å². The molecule has 1 heterocycles. The molecular weight excluding hydrogens is 235 g/mol. The van der Waals surface area contributed by atoms with E-state index >= 15 is 0 Å².